The second-order valence-corrected chi connectivity index (χ2v) is 4.28. The van der Waals surface area contributed by atoms with Gasteiger partial charge in [0.1, 0.15) is 0 Å². The predicted octanol–water partition coefficient (Wildman–Crippen LogP) is -0.597. The number of hydrogen-bond acceptors (Lipinski definition) is 2. The van der Waals surface area contributed by atoms with Crippen molar-refractivity contribution in [2.75, 3.05) is 6.61 Å². The van der Waals surface area contributed by atoms with E-state index in [1.54, 1.807) is 0 Å². The molecule has 0 fully saturated rings. The van der Waals surface area contributed by atoms with Gasteiger partial charge in [-0.25, -0.2) is 0 Å². The molecule has 0 saturated heterocycles. The van der Waals surface area contributed by atoms with Crippen LogP contribution in [0.4, 0.5) is 0 Å². The van der Waals surface area contributed by atoms with Crippen molar-refractivity contribution in [3.05, 3.63) is 0 Å². The van der Waals surface area contributed by atoms with Crippen LogP contribution in [0.1, 0.15) is 0 Å². The Morgan fingerprint density at radius 2 is 2.20 bits per heavy atom. The summed E-state index contributed by atoms with van der Waals surface area (Å²) in [6.07, 6.45) is 0. The van der Waals surface area contributed by atoms with Gasteiger partial charge in [-0.1, -0.05) is 0 Å². The molecule has 0 radical (unpaired) electrons. The number of thiol groups is 1. The van der Waals surface area contributed by atoms with Crippen molar-refractivity contribution >= 4 is 40.6 Å². The van der Waals surface area contributed by atoms with Crippen LogP contribution in [0.5, 0.6) is 0 Å². The number of rotatable bonds is 1. The Morgan fingerprint density at radius 3 is 2.20 bits per heavy atom. The van der Waals surface area contributed by atoms with E-state index in [1.165, 1.54) is 0 Å². The van der Waals surface area contributed by atoms with Crippen LogP contribution >= 0.6 is 12.6 Å². The Kier molecular flexibility index (Phi) is 4.41. The molecule has 0 rings (SSSR count). The Bertz CT molecular complexity index is 23.6. The Balaban J connectivity index is 2.54. The first-order valence-corrected chi connectivity index (χ1v) is 3.23. The zero-order chi connectivity index (χ0) is 4.28. The molecule has 0 aromatic heterocycles. The van der Waals surface area contributed by atoms with Crippen LogP contribution < -0.4 is 0 Å². The van der Waals surface area contributed by atoms with Gasteiger partial charge in [-0.15, -0.1) is 0 Å². The zero-order valence-electron chi connectivity index (χ0n) is 3.18. The molecule has 3 heteroatoms. The van der Waals surface area contributed by atoms with Crippen LogP contribution in [0.3, 0.4) is 0 Å². The molecule has 0 saturated carbocycles. The van der Waals surface area contributed by atoms with Crippen molar-refractivity contribution in [2.24, 2.45) is 0 Å². The molecule has 1 atom stereocenters. The third kappa shape index (κ3) is 5.31. The van der Waals surface area contributed by atoms with E-state index in [2.05, 4.69) is 12.6 Å². The molecule has 26 valence electrons. The van der Waals surface area contributed by atoms with Crippen LogP contribution in [0, 0.1) is 0 Å². The number of aliphatic hydroxyl groups excluding tert-OH is 1. The average Bonchev–Trinajstić information content (AvgIpc) is 1.38. The minimum absolute atomic E-state index is 0.231. The van der Waals surface area contributed by atoms with E-state index in [-0.39, 0.29) is 9.11 Å². The summed E-state index contributed by atoms with van der Waals surface area (Å²) < 4.78 is 0.273. The van der Waals surface area contributed by atoms with Gasteiger partial charge in [-0.2, -0.15) is 0 Å². The Labute approximate surface area is 54.6 Å². The van der Waals surface area contributed by atoms with Gasteiger partial charge >= 0.3 is 54.8 Å². The molecule has 0 aromatic carbocycles. The van der Waals surface area contributed by atoms with Gasteiger partial charge in [0.05, 0.1) is 0 Å². The van der Waals surface area contributed by atoms with E-state index < -0.39 is 0 Å². The van der Waals surface area contributed by atoms with Crippen LogP contribution in [0.15, 0.2) is 0 Å². The molecule has 5 heavy (non-hydrogen) atoms. The fourth-order valence-corrected chi connectivity index (χ4v) is 0. The summed E-state index contributed by atoms with van der Waals surface area (Å²) in [5.41, 5.74) is 0. The second kappa shape index (κ2) is 3.50. The maximum atomic E-state index is 8.10. The van der Waals surface area contributed by atoms with Crippen molar-refractivity contribution in [2.45, 2.75) is 2.50 Å². The quantitative estimate of drug-likeness (QED) is 0.333. The fourth-order valence-electron chi connectivity index (χ4n) is 0. The molecule has 0 spiro atoms. The van der Waals surface area contributed by atoms with Crippen LogP contribution in [-0.4, -0.2) is 42.1 Å². The van der Waals surface area contributed by atoms with E-state index >= 15 is 0 Å². The van der Waals surface area contributed by atoms with Crippen molar-refractivity contribution in [3.8, 4) is 0 Å². The molecule has 0 aliphatic carbocycles. The summed E-state index contributed by atoms with van der Waals surface area (Å²) in [5, 5.41) is 8.10. The third-order valence-corrected chi connectivity index (χ3v) is 0.793. The predicted molar refractivity (Wildman–Crippen MR) is 25.6 cm³/mol. The molecule has 1 N–H and O–H groups in total. The number of aliphatic hydroxyl groups is 1. The Morgan fingerprint density at radius 1 is 2.00 bits per heavy atom. The summed E-state index contributed by atoms with van der Waals surface area (Å²) in [4.78, 5) is 0. The standard InChI is InChI=1S/C2H5OS.Na/c3-1-2-4;/h2-4H,1H2;. The zero-order valence-corrected chi connectivity index (χ0v) is 6.07. The molecular formula is C2H5NaOS. The topological polar surface area (TPSA) is 20.2 Å². The summed E-state index contributed by atoms with van der Waals surface area (Å²) in [6, 6.07) is 0. The molecule has 0 aliphatic rings. The normalized spacial score (nSPS) is 15.2. The number of hydrogen-bond donors (Lipinski definition) is 2. The molecule has 0 heterocycles. The van der Waals surface area contributed by atoms with Gasteiger partial charge in [-0.3, -0.25) is 0 Å². The van der Waals surface area contributed by atoms with Gasteiger partial charge in [0, 0.05) is 0 Å². The van der Waals surface area contributed by atoms with Gasteiger partial charge in [0.15, 0.2) is 0 Å². The van der Waals surface area contributed by atoms with Crippen LogP contribution in [0.25, 0.3) is 0 Å². The van der Waals surface area contributed by atoms with E-state index in [4.69, 9.17) is 5.11 Å². The fraction of sp³-hybridized carbons (Fsp3) is 1.00. The monoisotopic (exact) mass is 100.0 g/mol. The molecule has 1 unspecified atom stereocenters. The molecule has 0 amide bonds. The first-order chi connectivity index (χ1) is 2.27. The maximum absolute atomic E-state index is 8.10. The van der Waals surface area contributed by atoms with Gasteiger partial charge in [0.25, 0.3) is 0 Å². The SMILES string of the molecule is OC[CH]([Na])S. The van der Waals surface area contributed by atoms with Crippen molar-refractivity contribution in [1.82, 2.24) is 0 Å². The molecule has 1 nitrogen and oxygen atoms in total. The van der Waals surface area contributed by atoms with Gasteiger partial charge < -0.3 is 0 Å². The molecular weight excluding hydrogens is 95.1 g/mol. The first-order valence-electron chi connectivity index (χ1n) is 1.56. The van der Waals surface area contributed by atoms with Gasteiger partial charge in [0.2, 0.25) is 0 Å². The molecule has 0 aliphatic heterocycles. The third-order valence-electron chi connectivity index (χ3n) is 0.264. The van der Waals surface area contributed by atoms with Crippen molar-refractivity contribution in [3.63, 3.8) is 0 Å². The second-order valence-electron chi connectivity index (χ2n) is 1.03. The Hall–Kier alpha value is 1.31. The summed E-state index contributed by atoms with van der Waals surface area (Å²) >= 11 is 4.89. The van der Waals surface area contributed by atoms with E-state index in [0.29, 0.717) is 0 Å². The van der Waals surface area contributed by atoms with E-state index in [9.17, 15) is 0 Å². The summed E-state index contributed by atoms with van der Waals surface area (Å²) in [6.45, 7) is 0.231. The molecule has 0 aromatic rings. The van der Waals surface area contributed by atoms with E-state index in [0.717, 1.165) is 27.9 Å². The van der Waals surface area contributed by atoms with Gasteiger partial charge in [-0.05, 0) is 0 Å². The summed E-state index contributed by atoms with van der Waals surface area (Å²) in [7, 11) is 0. The van der Waals surface area contributed by atoms with Crippen LogP contribution in [0.2, 0.25) is 0 Å². The summed E-state index contributed by atoms with van der Waals surface area (Å²) in [5.74, 6) is 0. The first kappa shape index (κ1) is 6.31. The van der Waals surface area contributed by atoms with Crippen LogP contribution in [-0.2, 0) is 0 Å². The molecule has 0 bridgehead atoms. The van der Waals surface area contributed by atoms with Crippen molar-refractivity contribution in [1.29, 1.82) is 0 Å². The average molecular weight is 100 g/mol. The van der Waals surface area contributed by atoms with E-state index in [1.807, 2.05) is 0 Å². The minimum atomic E-state index is 0.231. The van der Waals surface area contributed by atoms with Crippen molar-refractivity contribution < 1.29 is 5.11 Å².